The Morgan fingerprint density at radius 1 is 0.818 bits per heavy atom. The number of hydrogen-bond acceptors (Lipinski definition) is 4. The third-order valence-corrected chi connectivity index (χ3v) is 3.61. The molecular formula is C18H34O4. The van der Waals surface area contributed by atoms with Gasteiger partial charge in [-0.25, -0.2) is 0 Å². The zero-order valence-electron chi connectivity index (χ0n) is 14.7. The van der Waals surface area contributed by atoms with Gasteiger partial charge in [-0.2, -0.15) is 0 Å². The highest BCUT2D eigenvalue weighted by Gasteiger charge is 2.13. The molecule has 0 saturated heterocycles. The first-order valence-electron chi connectivity index (χ1n) is 8.91. The summed E-state index contributed by atoms with van der Waals surface area (Å²) < 4.78 is 10.1. The Hall–Kier alpha value is -1.06. The van der Waals surface area contributed by atoms with Crippen molar-refractivity contribution in [1.82, 2.24) is 0 Å². The molecule has 0 aliphatic carbocycles. The van der Waals surface area contributed by atoms with Gasteiger partial charge in [-0.3, -0.25) is 9.59 Å². The van der Waals surface area contributed by atoms with Crippen LogP contribution in [0.3, 0.4) is 0 Å². The molecule has 0 aliphatic rings. The molecule has 4 heteroatoms. The van der Waals surface area contributed by atoms with Gasteiger partial charge in [-0.1, -0.05) is 65.7 Å². The van der Waals surface area contributed by atoms with Gasteiger partial charge in [-0.05, 0) is 18.8 Å². The molecule has 0 spiro atoms. The van der Waals surface area contributed by atoms with Gasteiger partial charge in [-0.15, -0.1) is 0 Å². The average Bonchev–Trinajstić information content (AvgIpc) is 2.48. The van der Waals surface area contributed by atoms with E-state index in [4.69, 9.17) is 9.47 Å². The fourth-order valence-electron chi connectivity index (χ4n) is 2.28. The summed E-state index contributed by atoms with van der Waals surface area (Å²) in [5.41, 5.74) is 0. The second-order valence-electron chi connectivity index (χ2n) is 6.10. The van der Waals surface area contributed by atoms with Crippen molar-refractivity contribution in [2.24, 2.45) is 5.92 Å². The molecule has 0 aromatic heterocycles. The van der Waals surface area contributed by atoms with Crippen LogP contribution < -0.4 is 0 Å². The average molecular weight is 314 g/mol. The largest absolute Gasteiger partial charge is 0.465 e. The Morgan fingerprint density at radius 2 is 1.41 bits per heavy atom. The summed E-state index contributed by atoms with van der Waals surface area (Å²) in [6, 6.07) is 0. The molecule has 1 atom stereocenters. The Morgan fingerprint density at radius 3 is 2.05 bits per heavy atom. The molecule has 0 saturated carbocycles. The first kappa shape index (κ1) is 20.9. The molecule has 1 unspecified atom stereocenters. The Labute approximate surface area is 135 Å². The van der Waals surface area contributed by atoms with Crippen molar-refractivity contribution in [2.75, 3.05) is 13.2 Å². The van der Waals surface area contributed by atoms with Gasteiger partial charge < -0.3 is 9.47 Å². The van der Waals surface area contributed by atoms with Crippen LogP contribution in [0.5, 0.6) is 0 Å². The van der Waals surface area contributed by atoms with Gasteiger partial charge in [0.15, 0.2) is 0 Å². The summed E-state index contributed by atoms with van der Waals surface area (Å²) in [7, 11) is 0. The monoisotopic (exact) mass is 314 g/mol. The summed E-state index contributed by atoms with van der Waals surface area (Å²) in [5, 5.41) is 0. The lowest BCUT2D eigenvalue weighted by Crippen LogP contribution is -2.17. The maximum absolute atomic E-state index is 11.5. The van der Waals surface area contributed by atoms with E-state index in [9.17, 15) is 9.59 Å². The molecule has 0 aliphatic heterocycles. The SMILES string of the molecule is CCCCCCCCCOC(=O)CC(=O)OCC(C)CCC. The zero-order valence-corrected chi connectivity index (χ0v) is 14.7. The molecule has 0 aromatic rings. The lowest BCUT2D eigenvalue weighted by Gasteiger charge is -2.10. The molecule has 0 bridgehead atoms. The van der Waals surface area contributed by atoms with E-state index in [1.54, 1.807) is 0 Å². The molecule has 0 N–H and O–H groups in total. The lowest BCUT2D eigenvalue weighted by atomic mass is 10.1. The van der Waals surface area contributed by atoms with Crippen LogP contribution in [0.4, 0.5) is 0 Å². The van der Waals surface area contributed by atoms with Gasteiger partial charge in [0, 0.05) is 0 Å². The van der Waals surface area contributed by atoms with E-state index in [0.29, 0.717) is 19.1 Å². The molecule has 0 radical (unpaired) electrons. The second kappa shape index (κ2) is 14.9. The minimum absolute atomic E-state index is 0.269. The molecule has 0 fully saturated rings. The number of esters is 2. The van der Waals surface area contributed by atoms with Crippen molar-refractivity contribution >= 4 is 11.9 Å². The number of rotatable bonds is 14. The molecule has 0 aromatic carbocycles. The molecule has 4 nitrogen and oxygen atoms in total. The van der Waals surface area contributed by atoms with Crippen molar-refractivity contribution in [1.29, 1.82) is 0 Å². The van der Waals surface area contributed by atoms with Crippen LogP contribution in [-0.4, -0.2) is 25.2 Å². The highest BCUT2D eigenvalue weighted by Crippen LogP contribution is 2.08. The minimum atomic E-state index is -0.479. The van der Waals surface area contributed by atoms with Crippen molar-refractivity contribution in [3.8, 4) is 0 Å². The molecule has 0 amide bonds. The van der Waals surface area contributed by atoms with Crippen LogP contribution in [0.15, 0.2) is 0 Å². The smallest absolute Gasteiger partial charge is 0.317 e. The topological polar surface area (TPSA) is 52.6 Å². The number of unbranched alkanes of at least 4 members (excludes halogenated alkanes) is 6. The second-order valence-corrected chi connectivity index (χ2v) is 6.10. The van der Waals surface area contributed by atoms with Gasteiger partial charge in [0.05, 0.1) is 13.2 Å². The Balaban J connectivity index is 3.46. The van der Waals surface area contributed by atoms with E-state index in [-0.39, 0.29) is 6.42 Å². The van der Waals surface area contributed by atoms with E-state index in [1.165, 1.54) is 32.1 Å². The van der Waals surface area contributed by atoms with Crippen molar-refractivity contribution in [3.05, 3.63) is 0 Å². The van der Waals surface area contributed by atoms with Crippen LogP contribution in [0.2, 0.25) is 0 Å². The summed E-state index contributed by atoms with van der Waals surface area (Å²) in [6.07, 6.45) is 10.1. The Bertz CT molecular complexity index is 289. The predicted octanol–water partition coefficient (Wildman–Crippen LogP) is 4.65. The number of hydrogen-bond donors (Lipinski definition) is 0. The highest BCUT2D eigenvalue weighted by molar-refractivity contribution is 5.91. The molecule has 130 valence electrons. The third-order valence-electron chi connectivity index (χ3n) is 3.61. The van der Waals surface area contributed by atoms with E-state index < -0.39 is 11.9 Å². The van der Waals surface area contributed by atoms with Crippen molar-refractivity contribution < 1.29 is 19.1 Å². The molecule has 0 heterocycles. The minimum Gasteiger partial charge on any atom is -0.465 e. The first-order chi connectivity index (χ1) is 10.6. The summed E-state index contributed by atoms with van der Waals surface area (Å²) in [4.78, 5) is 22.9. The normalized spacial score (nSPS) is 12.0. The van der Waals surface area contributed by atoms with Crippen LogP contribution in [-0.2, 0) is 19.1 Å². The lowest BCUT2D eigenvalue weighted by molar-refractivity contribution is -0.155. The van der Waals surface area contributed by atoms with Crippen molar-refractivity contribution in [3.63, 3.8) is 0 Å². The van der Waals surface area contributed by atoms with Gasteiger partial charge in [0.1, 0.15) is 6.42 Å². The molecule has 0 rings (SSSR count). The van der Waals surface area contributed by atoms with Crippen LogP contribution in [0, 0.1) is 5.92 Å². The fraction of sp³-hybridized carbons (Fsp3) is 0.889. The van der Waals surface area contributed by atoms with E-state index in [2.05, 4.69) is 13.8 Å². The first-order valence-corrected chi connectivity index (χ1v) is 8.91. The van der Waals surface area contributed by atoms with Crippen molar-refractivity contribution in [2.45, 2.75) is 85.0 Å². The molecular weight excluding hydrogens is 280 g/mol. The van der Waals surface area contributed by atoms with E-state index >= 15 is 0 Å². The van der Waals surface area contributed by atoms with E-state index in [0.717, 1.165) is 25.7 Å². The van der Waals surface area contributed by atoms with Gasteiger partial charge >= 0.3 is 11.9 Å². The standard InChI is InChI=1S/C18H34O4/c1-4-6-7-8-9-10-11-13-21-17(19)14-18(20)22-15-16(3)12-5-2/h16H,4-15H2,1-3H3. The fourth-order valence-corrected chi connectivity index (χ4v) is 2.28. The van der Waals surface area contributed by atoms with E-state index in [1.807, 2.05) is 6.92 Å². The third kappa shape index (κ3) is 13.9. The predicted molar refractivity (Wildman–Crippen MR) is 88.6 cm³/mol. The number of ether oxygens (including phenoxy) is 2. The highest BCUT2D eigenvalue weighted by atomic mass is 16.6. The summed E-state index contributed by atoms with van der Waals surface area (Å²) in [6.45, 7) is 7.13. The van der Waals surface area contributed by atoms with Gasteiger partial charge in [0.2, 0.25) is 0 Å². The van der Waals surface area contributed by atoms with Crippen LogP contribution in [0.1, 0.15) is 85.0 Å². The number of carbonyl (C=O) groups excluding carboxylic acids is 2. The maximum Gasteiger partial charge on any atom is 0.317 e. The summed E-state index contributed by atoms with van der Waals surface area (Å²) >= 11 is 0. The van der Waals surface area contributed by atoms with Crippen LogP contribution >= 0.6 is 0 Å². The number of carbonyl (C=O) groups is 2. The zero-order chi connectivity index (χ0) is 16.6. The quantitative estimate of drug-likeness (QED) is 0.266. The molecule has 22 heavy (non-hydrogen) atoms. The maximum atomic E-state index is 11.5. The Kier molecular flexibility index (Phi) is 14.1. The van der Waals surface area contributed by atoms with Crippen LogP contribution in [0.25, 0.3) is 0 Å². The summed E-state index contributed by atoms with van der Waals surface area (Å²) in [5.74, 6) is -0.607. The van der Waals surface area contributed by atoms with Gasteiger partial charge in [0.25, 0.3) is 0 Å².